The molecule has 9 heteroatoms. The molecular weight excluding hydrogens is 429 g/mol. The molecule has 3 atom stereocenters. The molecular formula is C21H25ClFN3O3S. The molecule has 3 N–H and O–H groups in total. The van der Waals surface area contributed by atoms with Crippen LogP contribution in [0.25, 0.3) is 0 Å². The molecule has 2 aromatic carbocycles. The van der Waals surface area contributed by atoms with Crippen molar-refractivity contribution in [2.24, 2.45) is 5.84 Å². The summed E-state index contributed by atoms with van der Waals surface area (Å²) in [5, 5.41) is 0.436. The van der Waals surface area contributed by atoms with Gasteiger partial charge in [-0.15, -0.1) is 0 Å². The van der Waals surface area contributed by atoms with Gasteiger partial charge in [0.05, 0.1) is 4.90 Å². The summed E-state index contributed by atoms with van der Waals surface area (Å²) in [6.07, 6.45) is 0. The zero-order valence-electron chi connectivity index (χ0n) is 17.2. The Balaban J connectivity index is 2.17. The minimum absolute atomic E-state index is 0.0462. The van der Waals surface area contributed by atoms with Gasteiger partial charge >= 0.3 is 0 Å². The number of benzene rings is 2. The van der Waals surface area contributed by atoms with Crippen LogP contribution < -0.4 is 11.3 Å². The molecule has 0 fully saturated rings. The monoisotopic (exact) mass is 453 g/mol. The van der Waals surface area contributed by atoms with Gasteiger partial charge in [-0.25, -0.2) is 18.7 Å². The normalized spacial score (nSPS) is 20.3. The number of halogens is 2. The first-order valence-corrected chi connectivity index (χ1v) is 11.4. The molecule has 0 aromatic heterocycles. The third-order valence-corrected chi connectivity index (χ3v) is 8.08. The van der Waals surface area contributed by atoms with E-state index in [0.717, 1.165) is 9.87 Å². The standard InChI is InChI=1S/C21H25ClFN3O3S/c1-11-5-7-17(23)19(13(11)3)14(4)20(21(27)25-24)26-10-12(2)16-9-15(22)6-8-18(16)30(26,28)29/h5-9,12,14,20H,10,24H2,1-4H3,(H,25,27)/t12?,14?,20-/m0/s1. The second-order valence-electron chi connectivity index (χ2n) is 7.80. The molecule has 1 aliphatic heterocycles. The highest BCUT2D eigenvalue weighted by atomic mass is 35.5. The maximum Gasteiger partial charge on any atom is 0.252 e. The van der Waals surface area contributed by atoms with Crippen LogP contribution in [0.4, 0.5) is 4.39 Å². The van der Waals surface area contributed by atoms with E-state index in [4.69, 9.17) is 17.4 Å². The molecule has 1 aliphatic rings. The summed E-state index contributed by atoms with van der Waals surface area (Å²) in [4.78, 5) is 12.9. The lowest BCUT2D eigenvalue weighted by Gasteiger charge is -2.39. The number of carbonyl (C=O) groups excluding carboxylic acids is 1. The number of fused-ring (bicyclic) bond motifs is 1. The fourth-order valence-electron chi connectivity index (χ4n) is 4.21. The predicted molar refractivity (Wildman–Crippen MR) is 114 cm³/mol. The topological polar surface area (TPSA) is 92.5 Å². The van der Waals surface area contributed by atoms with Gasteiger partial charge in [-0.2, -0.15) is 4.31 Å². The number of aryl methyl sites for hydroxylation is 1. The molecule has 3 rings (SSSR count). The predicted octanol–water partition coefficient (Wildman–Crippen LogP) is 3.37. The van der Waals surface area contributed by atoms with Crippen LogP contribution in [0.2, 0.25) is 5.02 Å². The molecule has 0 saturated carbocycles. The molecule has 0 radical (unpaired) electrons. The van der Waals surface area contributed by atoms with E-state index in [2.05, 4.69) is 5.43 Å². The molecule has 162 valence electrons. The van der Waals surface area contributed by atoms with Gasteiger partial charge in [-0.05, 0) is 66.3 Å². The minimum atomic E-state index is -4.04. The van der Waals surface area contributed by atoms with Crippen molar-refractivity contribution >= 4 is 27.5 Å². The Morgan fingerprint density at radius 2 is 1.97 bits per heavy atom. The summed E-state index contributed by atoms with van der Waals surface area (Å²) in [5.41, 5.74) is 4.48. The molecule has 6 nitrogen and oxygen atoms in total. The van der Waals surface area contributed by atoms with Gasteiger partial charge in [0.15, 0.2) is 0 Å². The first-order chi connectivity index (χ1) is 14.0. The van der Waals surface area contributed by atoms with Gasteiger partial charge in [0.2, 0.25) is 10.0 Å². The van der Waals surface area contributed by atoms with Crippen LogP contribution in [0, 0.1) is 19.7 Å². The number of rotatable bonds is 4. The number of carbonyl (C=O) groups is 1. The van der Waals surface area contributed by atoms with Crippen LogP contribution in [0.5, 0.6) is 0 Å². The lowest BCUT2D eigenvalue weighted by Crippen LogP contribution is -2.56. The first kappa shape index (κ1) is 22.7. The Morgan fingerprint density at radius 1 is 1.30 bits per heavy atom. The van der Waals surface area contributed by atoms with E-state index in [1.54, 1.807) is 26.0 Å². The number of hydrazine groups is 1. The molecule has 30 heavy (non-hydrogen) atoms. The Kier molecular flexibility index (Phi) is 6.25. The highest BCUT2D eigenvalue weighted by molar-refractivity contribution is 7.89. The highest BCUT2D eigenvalue weighted by Gasteiger charge is 2.45. The van der Waals surface area contributed by atoms with Crippen LogP contribution in [0.15, 0.2) is 35.2 Å². The van der Waals surface area contributed by atoms with Crippen LogP contribution in [0.1, 0.15) is 47.9 Å². The van der Waals surface area contributed by atoms with Crippen LogP contribution in [-0.2, 0) is 14.8 Å². The number of hydrogen-bond acceptors (Lipinski definition) is 4. The van der Waals surface area contributed by atoms with Gasteiger partial charge in [0.1, 0.15) is 11.9 Å². The molecule has 1 amide bonds. The zero-order valence-corrected chi connectivity index (χ0v) is 18.8. The number of nitrogens with zero attached hydrogens (tertiary/aromatic N) is 1. The second kappa shape index (κ2) is 8.26. The molecule has 0 aliphatic carbocycles. The average Bonchev–Trinajstić information content (AvgIpc) is 2.69. The van der Waals surface area contributed by atoms with Gasteiger partial charge in [-0.3, -0.25) is 10.2 Å². The summed E-state index contributed by atoms with van der Waals surface area (Å²) in [7, 11) is -4.04. The summed E-state index contributed by atoms with van der Waals surface area (Å²) < 4.78 is 42.8. The van der Waals surface area contributed by atoms with Gasteiger partial charge in [0, 0.05) is 17.5 Å². The summed E-state index contributed by atoms with van der Waals surface area (Å²) >= 11 is 6.06. The van der Waals surface area contributed by atoms with Crippen LogP contribution >= 0.6 is 11.6 Å². The lowest BCUT2D eigenvalue weighted by molar-refractivity contribution is -0.125. The van der Waals surface area contributed by atoms with Crippen molar-refractivity contribution in [2.75, 3.05) is 6.54 Å². The SMILES string of the molecule is Cc1ccc(F)c(C(C)[C@@H](C(=O)NN)N2CC(C)c3cc(Cl)ccc3S2(=O)=O)c1C. The number of nitrogens with two attached hydrogens (primary N) is 1. The van der Waals surface area contributed by atoms with E-state index in [1.165, 1.54) is 18.2 Å². The highest BCUT2D eigenvalue weighted by Crippen LogP contribution is 2.39. The van der Waals surface area contributed by atoms with Gasteiger partial charge in [0.25, 0.3) is 5.91 Å². The van der Waals surface area contributed by atoms with Crippen molar-refractivity contribution in [1.82, 2.24) is 9.73 Å². The Labute approximate surface area is 181 Å². The van der Waals surface area contributed by atoms with Crippen LogP contribution in [0.3, 0.4) is 0 Å². The van der Waals surface area contributed by atoms with Gasteiger partial charge in [-0.1, -0.05) is 31.5 Å². The molecule has 0 spiro atoms. The van der Waals surface area contributed by atoms with E-state index in [1.807, 2.05) is 13.8 Å². The van der Waals surface area contributed by atoms with Crippen LogP contribution in [-0.4, -0.2) is 31.2 Å². The number of sulfonamides is 1. The minimum Gasteiger partial charge on any atom is -0.293 e. The van der Waals surface area contributed by atoms with Crippen molar-refractivity contribution in [2.45, 2.75) is 50.5 Å². The van der Waals surface area contributed by atoms with Crippen molar-refractivity contribution in [1.29, 1.82) is 0 Å². The smallest absolute Gasteiger partial charge is 0.252 e. The van der Waals surface area contributed by atoms with E-state index in [-0.39, 0.29) is 17.4 Å². The molecule has 0 bridgehead atoms. The quantitative estimate of drug-likeness (QED) is 0.421. The Bertz CT molecular complexity index is 1110. The van der Waals surface area contributed by atoms with Crippen molar-refractivity contribution in [3.05, 3.63) is 63.4 Å². The number of nitrogens with one attached hydrogen (secondary N) is 1. The number of amides is 1. The Morgan fingerprint density at radius 3 is 2.60 bits per heavy atom. The molecule has 1 heterocycles. The summed E-state index contributed by atoms with van der Waals surface area (Å²) in [5.74, 6) is 3.23. The zero-order chi connectivity index (χ0) is 22.4. The summed E-state index contributed by atoms with van der Waals surface area (Å²) in [6, 6.07) is 6.33. The number of hydrogen-bond donors (Lipinski definition) is 2. The van der Waals surface area contributed by atoms with E-state index in [0.29, 0.717) is 21.7 Å². The van der Waals surface area contributed by atoms with Gasteiger partial charge < -0.3 is 0 Å². The van der Waals surface area contributed by atoms with Crippen molar-refractivity contribution in [3.8, 4) is 0 Å². The third kappa shape index (κ3) is 3.73. The van der Waals surface area contributed by atoms with Crippen molar-refractivity contribution < 1.29 is 17.6 Å². The fourth-order valence-corrected chi connectivity index (χ4v) is 6.44. The van der Waals surface area contributed by atoms with E-state index >= 15 is 0 Å². The largest absolute Gasteiger partial charge is 0.293 e. The second-order valence-corrected chi connectivity index (χ2v) is 10.1. The molecule has 2 aromatic rings. The van der Waals surface area contributed by atoms with E-state index < -0.39 is 33.7 Å². The maximum atomic E-state index is 14.8. The fraction of sp³-hybridized carbons (Fsp3) is 0.381. The maximum absolute atomic E-state index is 14.8. The Hall–Kier alpha value is -2.00. The third-order valence-electron chi connectivity index (χ3n) is 5.93. The first-order valence-electron chi connectivity index (χ1n) is 9.58. The average molecular weight is 454 g/mol. The molecule has 0 saturated heterocycles. The van der Waals surface area contributed by atoms with Crippen molar-refractivity contribution in [3.63, 3.8) is 0 Å². The summed E-state index contributed by atoms with van der Waals surface area (Å²) in [6.45, 7) is 7.14. The lowest BCUT2D eigenvalue weighted by atomic mass is 9.87. The molecule has 2 unspecified atom stereocenters. The van der Waals surface area contributed by atoms with E-state index in [9.17, 15) is 17.6 Å².